The molecular weight excluding hydrogens is 290 g/mol. The van der Waals surface area contributed by atoms with Gasteiger partial charge < -0.3 is 16.6 Å². The summed E-state index contributed by atoms with van der Waals surface area (Å²) >= 11 is 0. The van der Waals surface area contributed by atoms with Crippen molar-refractivity contribution in [2.45, 2.75) is 102 Å². The zero-order chi connectivity index (χ0) is 15.5. The number of carbonyl (C=O) groups excluding carboxylic acids is 1. The molecule has 0 aliphatic rings. The van der Waals surface area contributed by atoms with E-state index in [1.807, 2.05) is 6.92 Å². The van der Waals surface area contributed by atoms with Gasteiger partial charge in [-0.1, -0.05) is 69.7 Å². The Hall–Kier alpha value is -1.10. The van der Waals surface area contributed by atoms with Crippen LogP contribution in [0.2, 0.25) is 0 Å². The molecule has 1 amide bonds. The first-order chi connectivity index (χ1) is 8.95. The van der Waals surface area contributed by atoms with Crippen molar-refractivity contribution in [2.24, 2.45) is 11.5 Å². The maximum atomic E-state index is 9.98. The Morgan fingerprint density at radius 1 is 0.826 bits per heavy atom. The van der Waals surface area contributed by atoms with Gasteiger partial charge in [0, 0.05) is 19.4 Å². The Morgan fingerprint density at radius 3 is 1.26 bits per heavy atom. The second kappa shape index (κ2) is 42.8. The van der Waals surface area contributed by atoms with Crippen LogP contribution in [0.15, 0.2) is 0 Å². The molecule has 0 aromatic heterocycles. The fourth-order valence-corrected chi connectivity index (χ4v) is 0.876. The molecule has 148 valence electrons. The molecule has 0 spiro atoms. The lowest BCUT2D eigenvalue weighted by molar-refractivity contribution is -0.118. The third kappa shape index (κ3) is 94.3. The third-order valence-electron chi connectivity index (χ3n) is 2.09. The van der Waals surface area contributed by atoms with E-state index >= 15 is 0 Å². The summed E-state index contributed by atoms with van der Waals surface area (Å²) in [5.74, 6) is 0.115. The molecule has 0 aliphatic heterocycles. The average Bonchev–Trinajstić information content (AvgIpc) is 2.36. The molecule has 0 atom stereocenters. The number of nitrogens with two attached hydrogens (primary N) is 2. The van der Waals surface area contributed by atoms with Gasteiger partial charge in [0.15, 0.2) is 0 Å². The number of rotatable bonds is 8. The SMILES string of the molecule is C.C.C.C.CCCCC(=N)N.CCCCC(N)=O.CCCCO. The second-order valence-electron chi connectivity index (χ2n) is 4.28. The largest absolute Gasteiger partial charge is 0.396 e. The highest BCUT2D eigenvalue weighted by Gasteiger charge is 1.88. The van der Waals surface area contributed by atoms with Crippen molar-refractivity contribution in [1.29, 1.82) is 5.41 Å². The molecule has 0 aromatic rings. The van der Waals surface area contributed by atoms with Gasteiger partial charge in [0.25, 0.3) is 0 Å². The van der Waals surface area contributed by atoms with Crippen LogP contribution in [0.4, 0.5) is 0 Å². The zero-order valence-corrected chi connectivity index (χ0v) is 12.9. The summed E-state index contributed by atoms with van der Waals surface area (Å²) < 4.78 is 0. The number of hydrogen-bond acceptors (Lipinski definition) is 3. The quantitative estimate of drug-likeness (QED) is 0.364. The number of carbonyl (C=O) groups is 1. The van der Waals surface area contributed by atoms with Crippen LogP contribution in [-0.4, -0.2) is 23.5 Å². The Morgan fingerprint density at radius 2 is 1.17 bits per heavy atom. The van der Waals surface area contributed by atoms with Crippen LogP contribution in [-0.2, 0) is 4.79 Å². The highest BCUT2D eigenvalue weighted by atomic mass is 16.2. The minimum atomic E-state index is -0.193. The predicted octanol–water partition coefficient (Wildman–Crippen LogP) is 5.10. The van der Waals surface area contributed by atoms with E-state index in [0.29, 0.717) is 18.9 Å². The smallest absolute Gasteiger partial charge is 0.217 e. The van der Waals surface area contributed by atoms with E-state index in [-0.39, 0.29) is 35.6 Å². The molecule has 0 saturated carbocycles. The van der Waals surface area contributed by atoms with E-state index in [1.165, 1.54) is 0 Å². The maximum absolute atomic E-state index is 9.98. The molecule has 0 saturated heterocycles. The Kier molecular flexibility index (Phi) is 80.3. The van der Waals surface area contributed by atoms with E-state index in [2.05, 4.69) is 13.8 Å². The number of hydrogen-bond donors (Lipinski definition) is 4. The van der Waals surface area contributed by atoms with E-state index in [4.69, 9.17) is 22.0 Å². The first-order valence-corrected chi connectivity index (χ1v) is 7.18. The van der Waals surface area contributed by atoms with Gasteiger partial charge in [-0.05, 0) is 19.3 Å². The summed E-state index contributed by atoms with van der Waals surface area (Å²) in [6.45, 7) is 6.51. The molecule has 5 nitrogen and oxygen atoms in total. The van der Waals surface area contributed by atoms with Crippen molar-refractivity contribution >= 4 is 11.7 Å². The molecule has 0 bridgehead atoms. The minimum Gasteiger partial charge on any atom is -0.396 e. The third-order valence-corrected chi connectivity index (χ3v) is 2.09. The van der Waals surface area contributed by atoms with Crippen molar-refractivity contribution in [3.63, 3.8) is 0 Å². The van der Waals surface area contributed by atoms with Crippen LogP contribution in [0.1, 0.15) is 102 Å². The van der Waals surface area contributed by atoms with Gasteiger partial charge in [-0.25, -0.2) is 0 Å². The Balaban J connectivity index is -0.0000000311. The van der Waals surface area contributed by atoms with Crippen molar-refractivity contribution in [2.75, 3.05) is 6.61 Å². The zero-order valence-electron chi connectivity index (χ0n) is 12.9. The van der Waals surface area contributed by atoms with Crippen LogP contribution < -0.4 is 11.5 Å². The van der Waals surface area contributed by atoms with Crippen LogP contribution in [0.25, 0.3) is 0 Å². The van der Waals surface area contributed by atoms with Crippen molar-refractivity contribution in [3.8, 4) is 0 Å². The normalized spacial score (nSPS) is 7.13. The second-order valence-corrected chi connectivity index (χ2v) is 4.28. The molecule has 23 heavy (non-hydrogen) atoms. The van der Waals surface area contributed by atoms with Crippen molar-refractivity contribution < 1.29 is 9.90 Å². The number of aliphatic hydroxyl groups is 1. The number of amidine groups is 1. The molecule has 0 rings (SSSR count). The van der Waals surface area contributed by atoms with Gasteiger partial charge in [0.1, 0.15) is 0 Å². The molecule has 0 radical (unpaired) electrons. The lowest BCUT2D eigenvalue weighted by Gasteiger charge is -1.90. The van der Waals surface area contributed by atoms with Crippen LogP contribution >= 0.6 is 0 Å². The van der Waals surface area contributed by atoms with Crippen molar-refractivity contribution in [3.05, 3.63) is 0 Å². The fourth-order valence-electron chi connectivity index (χ4n) is 0.876. The number of unbranched alkanes of at least 4 members (excludes halogenated alkanes) is 3. The fraction of sp³-hybridized carbons (Fsp3) is 0.889. The van der Waals surface area contributed by atoms with Gasteiger partial charge in [0.2, 0.25) is 5.91 Å². The molecular formula is C18H49N3O2. The monoisotopic (exact) mass is 339 g/mol. The standard InChI is InChI=1S/C5H12N2.C5H11NO.C4H10O.4CH4/c2*1-2-3-4-5(6)7;1-2-3-4-5;;;;/h2-4H2,1H3,(H3,6,7);2-4H2,1H3,(H2,6,7);5H,2-4H2,1H3;4*1H4. The molecule has 6 N–H and O–H groups in total. The number of nitrogens with one attached hydrogen (secondary N) is 1. The van der Waals surface area contributed by atoms with Crippen LogP contribution in [0, 0.1) is 5.41 Å². The molecule has 0 aliphatic carbocycles. The van der Waals surface area contributed by atoms with Gasteiger partial charge >= 0.3 is 0 Å². The highest BCUT2D eigenvalue weighted by molar-refractivity contribution is 5.76. The first-order valence-electron chi connectivity index (χ1n) is 7.18. The predicted molar refractivity (Wildman–Crippen MR) is 109 cm³/mol. The van der Waals surface area contributed by atoms with E-state index in [9.17, 15) is 4.79 Å². The lowest BCUT2D eigenvalue weighted by atomic mass is 10.2. The van der Waals surface area contributed by atoms with Crippen LogP contribution in [0.3, 0.4) is 0 Å². The summed E-state index contributed by atoms with van der Waals surface area (Å²) in [7, 11) is 0. The molecule has 5 heteroatoms. The highest BCUT2D eigenvalue weighted by Crippen LogP contribution is 1.90. The van der Waals surface area contributed by atoms with Crippen LogP contribution in [0.5, 0.6) is 0 Å². The van der Waals surface area contributed by atoms with Gasteiger partial charge in [-0.3, -0.25) is 10.2 Å². The van der Waals surface area contributed by atoms with E-state index < -0.39 is 0 Å². The summed E-state index contributed by atoms with van der Waals surface area (Å²) in [5.41, 5.74) is 9.90. The molecule has 0 aromatic carbocycles. The lowest BCUT2D eigenvalue weighted by Crippen LogP contribution is -2.09. The number of primary amides is 1. The molecule has 0 fully saturated rings. The molecule has 0 heterocycles. The van der Waals surface area contributed by atoms with Gasteiger partial charge in [0.05, 0.1) is 5.84 Å². The summed E-state index contributed by atoms with van der Waals surface area (Å²) in [4.78, 5) is 9.98. The van der Waals surface area contributed by atoms with Gasteiger partial charge in [-0.15, -0.1) is 0 Å². The summed E-state index contributed by atoms with van der Waals surface area (Å²) in [5, 5.41) is 14.8. The topological polar surface area (TPSA) is 113 Å². The summed E-state index contributed by atoms with van der Waals surface area (Å²) in [6.07, 6.45) is 7.48. The first kappa shape index (κ1) is 43.1. The van der Waals surface area contributed by atoms with Crippen molar-refractivity contribution in [1.82, 2.24) is 0 Å². The Bertz CT molecular complexity index is 179. The maximum Gasteiger partial charge on any atom is 0.217 e. The van der Waals surface area contributed by atoms with Gasteiger partial charge in [-0.2, -0.15) is 0 Å². The van der Waals surface area contributed by atoms with E-state index in [1.54, 1.807) is 0 Å². The molecule has 0 unspecified atom stereocenters. The van der Waals surface area contributed by atoms with E-state index in [0.717, 1.165) is 44.9 Å². The average molecular weight is 340 g/mol. The number of amides is 1. The Labute approximate surface area is 147 Å². The number of aliphatic hydroxyl groups excluding tert-OH is 1. The summed E-state index contributed by atoms with van der Waals surface area (Å²) in [6, 6.07) is 0. The minimum absolute atomic E-state index is 0.